The summed E-state index contributed by atoms with van der Waals surface area (Å²) in [5.41, 5.74) is 1.91. The second kappa shape index (κ2) is 13.1. The van der Waals surface area contributed by atoms with Gasteiger partial charge in [-0.15, -0.1) is 0 Å². The molecule has 4 aromatic rings. The fraction of sp³-hybridized carbons (Fsp3) is 0.296. The maximum Gasteiger partial charge on any atom is 0.225 e. The Morgan fingerprint density at radius 3 is 2.39 bits per heavy atom. The molecule has 0 aliphatic carbocycles. The highest BCUT2D eigenvalue weighted by Gasteiger charge is 2.20. The molecule has 1 amide bonds. The van der Waals surface area contributed by atoms with Crippen molar-refractivity contribution in [3.63, 3.8) is 0 Å². The van der Waals surface area contributed by atoms with E-state index in [1.807, 2.05) is 54.6 Å². The smallest absolute Gasteiger partial charge is 0.225 e. The van der Waals surface area contributed by atoms with Gasteiger partial charge in [-0.25, -0.2) is 0 Å². The number of aliphatic hydroxyl groups excluding tert-OH is 1. The van der Waals surface area contributed by atoms with Crippen molar-refractivity contribution < 1.29 is 39.4 Å². The van der Waals surface area contributed by atoms with Crippen molar-refractivity contribution >= 4 is 27.7 Å². The molecular formula is C27H31N3O8. The molecule has 1 aromatic heterocycles. The number of methoxy groups -OCH3 is 1. The van der Waals surface area contributed by atoms with Crippen molar-refractivity contribution in [1.82, 2.24) is 15.3 Å². The van der Waals surface area contributed by atoms with E-state index in [2.05, 4.69) is 9.82 Å². The summed E-state index contributed by atoms with van der Waals surface area (Å²) in [6.07, 6.45) is -1.15. The number of benzene rings is 3. The molecule has 0 radical (unpaired) electrons. The van der Waals surface area contributed by atoms with E-state index in [0.717, 1.165) is 21.8 Å². The lowest BCUT2D eigenvalue weighted by Crippen LogP contribution is -2.42. The number of para-hydroxylation sites is 3. The number of fused-ring (bicyclic) bond motifs is 3. The SMILES string of the molecule is COc1ccccc1OCCN(CC(O)COc1cccc2[nH]c3ccccc3c12)C(=O)CCON(O)O. The average Bonchev–Trinajstić information content (AvgIpc) is 3.30. The van der Waals surface area contributed by atoms with Crippen LogP contribution in [-0.2, 0) is 9.63 Å². The number of aliphatic hydroxyl groups is 1. The van der Waals surface area contributed by atoms with Gasteiger partial charge in [-0.05, 0) is 30.3 Å². The molecule has 1 atom stereocenters. The molecule has 0 bridgehead atoms. The molecule has 0 fully saturated rings. The molecule has 4 N–H and O–H groups in total. The molecule has 38 heavy (non-hydrogen) atoms. The Bertz CT molecular complexity index is 1340. The van der Waals surface area contributed by atoms with E-state index >= 15 is 0 Å². The maximum absolute atomic E-state index is 12.8. The third-order valence-corrected chi connectivity index (χ3v) is 5.92. The topological polar surface area (TPSA) is 137 Å². The first-order valence-corrected chi connectivity index (χ1v) is 12.1. The zero-order valence-corrected chi connectivity index (χ0v) is 20.9. The van der Waals surface area contributed by atoms with Crippen molar-refractivity contribution in [3.05, 3.63) is 66.7 Å². The lowest BCUT2D eigenvalue weighted by Gasteiger charge is -2.26. The molecule has 0 spiro atoms. The normalized spacial score (nSPS) is 12.1. The number of nitrogens with zero attached hydrogens (tertiary/aromatic N) is 2. The largest absolute Gasteiger partial charge is 0.493 e. The summed E-state index contributed by atoms with van der Waals surface area (Å²) in [5.74, 6) is 1.34. The minimum atomic E-state index is -1.00. The molecule has 11 heteroatoms. The summed E-state index contributed by atoms with van der Waals surface area (Å²) in [4.78, 5) is 22.1. The number of aromatic nitrogens is 1. The van der Waals surface area contributed by atoms with Gasteiger partial charge in [-0.2, -0.15) is 0 Å². The molecule has 4 rings (SSSR count). The van der Waals surface area contributed by atoms with Crippen molar-refractivity contribution in [2.24, 2.45) is 0 Å². The Morgan fingerprint density at radius 2 is 1.61 bits per heavy atom. The number of carbonyl (C=O) groups excluding carboxylic acids is 1. The van der Waals surface area contributed by atoms with Crippen LogP contribution in [-0.4, -0.2) is 82.8 Å². The number of hydrogen-bond acceptors (Lipinski definition) is 9. The van der Waals surface area contributed by atoms with Crippen LogP contribution in [0.5, 0.6) is 17.2 Å². The van der Waals surface area contributed by atoms with Crippen molar-refractivity contribution in [2.45, 2.75) is 12.5 Å². The Labute approximate surface area is 219 Å². The number of hydrogen-bond donors (Lipinski definition) is 4. The summed E-state index contributed by atoms with van der Waals surface area (Å²) in [7, 11) is 1.54. The van der Waals surface area contributed by atoms with Gasteiger partial charge in [0, 0.05) is 16.3 Å². The maximum atomic E-state index is 12.8. The second-order valence-corrected chi connectivity index (χ2v) is 8.49. The summed E-state index contributed by atoms with van der Waals surface area (Å²) >= 11 is 0. The van der Waals surface area contributed by atoms with E-state index < -0.39 is 11.5 Å². The summed E-state index contributed by atoms with van der Waals surface area (Å²) < 4.78 is 17.1. The van der Waals surface area contributed by atoms with Crippen LogP contribution in [0, 0.1) is 0 Å². The van der Waals surface area contributed by atoms with Crippen LogP contribution in [0.25, 0.3) is 21.8 Å². The molecule has 11 nitrogen and oxygen atoms in total. The third-order valence-electron chi connectivity index (χ3n) is 5.92. The predicted octanol–water partition coefficient (Wildman–Crippen LogP) is 3.38. The number of amides is 1. The average molecular weight is 526 g/mol. The lowest BCUT2D eigenvalue weighted by molar-refractivity contribution is -0.491. The van der Waals surface area contributed by atoms with Crippen LogP contribution in [0.15, 0.2) is 66.7 Å². The highest BCUT2D eigenvalue weighted by atomic mass is 17.1. The number of carbonyl (C=O) groups is 1. The quantitative estimate of drug-likeness (QED) is 0.183. The monoisotopic (exact) mass is 525 g/mol. The molecule has 1 heterocycles. The van der Waals surface area contributed by atoms with Crippen molar-refractivity contribution in [2.75, 3.05) is 40.0 Å². The minimum absolute atomic E-state index is 0.0278. The first-order valence-electron chi connectivity index (χ1n) is 12.1. The third kappa shape index (κ3) is 6.91. The number of nitrogens with one attached hydrogen (secondary N) is 1. The Hall–Kier alpha value is -3.87. The van der Waals surface area contributed by atoms with Gasteiger partial charge in [0.15, 0.2) is 11.5 Å². The summed E-state index contributed by atoms with van der Waals surface area (Å²) in [6.45, 7) is -0.0343. The number of ether oxygens (including phenoxy) is 3. The number of rotatable bonds is 14. The predicted molar refractivity (Wildman–Crippen MR) is 138 cm³/mol. The molecule has 0 aliphatic heterocycles. The molecule has 0 aliphatic rings. The Morgan fingerprint density at radius 1 is 0.895 bits per heavy atom. The van der Waals surface area contributed by atoms with Gasteiger partial charge in [0.05, 0.1) is 44.1 Å². The van der Waals surface area contributed by atoms with Gasteiger partial charge in [0.2, 0.25) is 5.91 Å². The van der Waals surface area contributed by atoms with Crippen LogP contribution in [0.3, 0.4) is 0 Å². The van der Waals surface area contributed by atoms with Crippen LogP contribution < -0.4 is 14.2 Å². The first-order chi connectivity index (χ1) is 18.5. The number of aromatic amines is 1. The van der Waals surface area contributed by atoms with Gasteiger partial charge in [-0.1, -0.05) is 36.4 Å². The van der Waals surface area contributed by atoms with Crippen LogP contribution >= 0.6 is 0 Å². The number of H-pyrrole nitrogens is 1. The van der Waals surface area contributed by atoms with Gasteiger partial charge in [0.25, 0.3) is 0 Å². The molecule has 0 saturated heterocycles. The van der Waals surface area contributed by atoms with E-state index in [1.54, 1.807) is 12.1 Å². The summed E-state index contributed by atoms with van der Waals surface area (Å²) in [5, 5.41) is 29.7. The highest BCUT2D eigenvalue weighted by Crippen LogP contribution is 2.33. The fourth-order valence-corrected chi connectivity index (χ4v) is 4.18. The molecule has 3 aromatic carbocycles. The van der Waals surface area contributed by atoms with Gasteiger partial charge >= 0.3 is 0 Å². The zero-order valence-electron chi connectivity index (χ0n) is 20.9. The second-order valence-electron chi connectivity index (χ2n) is 8.49. The standard InChI is InChI=1S/C27H31N3O8/c1-35-23-10-4-5-11-24(23)36-16-14-29(26(32)13-15-38-30(33)34)17-19(31)18-37-25-12-6-9-22-27(25)20-7-2-3-8-21(20)28-22/h2-12,19,28,31,33-34H,13-18H2,1H3. The van der Waals surface area contributed by atoms with Gasteiger partial charge in [0.1, 0.15) is 25.1 Å². The zero-order chi connectivity index (χ0) is 26.9. The van der Waals surface area contributed by atoms with Crippen LogP contribution in [0.4, 0.5) is 0 Å². The minimum Gasteiger partial charge on any atom is -0.493 e. The fourth-order valence-electron chi connectivity index (χ4n) is 4.18. The first kappa shape index (κ1) is 27.2. The van der Waals surface area contributed by atoms with Crippen LogP contribution in [0.2, 0.25) is 0 Å². The van der Waals surface area contributed by atoms with E-state index in [0.29, 0.717) is 17.2 Å². The van der Waals surface area contributed by atoms with Crippen LogP contribution in [0.1, 0.15) is 6.42 Å². The van der Waals surface area contributed by atoms with Crippen molar-refractivity contribution in [3.8, 4) is 17.2 Å². The van der Waals surface area contributed by atoms with E-state index in [1.165, 1.54) is 12.0 Å². The van der Waals surface area contributed by atoms with E-state index in [-0.39, 0.29) is 45.2 Å². The van der Waals surface area contributed by atoms with Gasteiger partial charge < -0.3 is 29.2 Å². The molecular weight excluding hydrogens is 494 g/mol. The van der Waals surface area contributed by atoms with Crippen molar-refractivity contribution in [1.29, 1.82) is 0 Å². The van der Waals surface area contributed by atoms with E-state index in [9.17, 15) is 9.90 Å². The highest BCUT2D eigenvalue weighted by molar-refractivity contribution is 6.10. The van der Waals surface area contributed by atoms with E-state index in [4.69, 9.17) is 24.6 Å². The lowest BCUT2D eigenvalue weighted by atomic mass is 10.1. The molecule has 202 valence electrons. The Balaban J connectivity index is 1.39. The molecule has 1 unspecified atom stereocenters. The summed E-state index contributed by atoms with van der Waals surface area (Å²) in [6, 6.07) is 20.7. The Kier molecular flexibility index (Phi) is 9.35. The van der Waals surface area contributed by atoms with Gasteiger partial charge in [-0.3, -0.25) is 20.0 Å². The molecule has 0 saturated carbocycles.